The zero-order valence-corrected chi connectivity index (χ0v) is 9.73. The quantitative estimate of drug-likeness (QED) is 0.721. The Labute approximate surface area is 102 Å². The van der Waals surface area contributed by atoms with Crippen molar-refractivity contribution in [3.05, 3.63) is 29.0 Å². The molecule has 1 atom stereocenters. The molecule has 7 heteroatoms. The van der Waals surface area contributed by atoms with E-state index in [1.807, 2.05) is 0 Å². The minimum atomic E-state index is -2.02. The third-order valence-corrected chi connectivity index (χ3v) is 2.24. The molecule has 1 aromatic rings. The first kappa shape index (κ1) is 13.4. The van der Waals surface area contributed by atoms with E-state index >= 15 is 0 Å². The van der Waals surface area contributed by atoms with Gasteiger partial charge < -0.3 is 15.5 Å². The summed E-state index contributed by atoms with van der Waals surface area (Å²) < 4.78 is 0. The van der Waals surface area contributed by atoms with Crippen molar-refractivity contribution in [2.45, 2.75) is 12.5 Å². The third kappa shape index (κ3) is 3.69. The van der Waals surface area contributed by atoms with E-state index in [-0.39, 0.29) is 5.69 Å². The van der Waals surface area contributed by atoms with Crippen LogP contribution in [0, 0.1) is 0 Å². The van der Waals surface area contributed by atoms with Crippen LogP contribution < -0.4 is 5.32 Å². The van der Waals surface area contributed by atoms with E-state index in [9.17, 15) is 14.7 Å². The fourth-order valence-electron chi connectivity index (χ4n) is 0.947. The standard InChI is InChI=1S/C10H11ClN2O4/c1-10(17,9(15)16)5-13-8(14)7-4-6(11)2-3-12-7/h2-4,17H,5H2,1H3,(H,13,14)(H,15,16). The number of aromatic nitrogens is 1. The lowest BCUT2D eigenvalue weighted by atomic mass is 10.1. The summed E-state index contributed by atoms with van der Waals surface area (Å²) in [6.07, 6.45) is 1.35. The van der Waals surface area contributed by atoms with Crippen LogP contribution in [-0.4, -0.2) is 39.2 Å². The smallest absolute Gasteiger partial charge is 0.337 e. The van der Waals surface area contributed by atoms with Gasteiger partial charge in [-0.25, -0.2) is 4.79 Å². The number of halogens is 1. The Morgan fingerprint density at radius 3 is 2.76 bits per heavy atom. The molecule has 1 rings (SSSR count). The van der Waals surface area contributed by atoms with Crippen LogP contribution in [0.1, 0.15) is 17.4 Å². The molecule has 3 N–H and O–H groups in total. The number of rotatable bonds is 4. The molecule has 1 unspecified atom stereocenters. The Balaban J connectivity index is 2.65. The van der Waals surface area contributed by atoms with E-state index in [0.29, 0.717) is 5.02 Å². The SMILES string of the molecule is CC(O)(CNC(=O)c1cc(Cl)ccn1)C(=O)O. The molecule has 0 aliphatic carbocycles. The van der Waals surface area contributed by atoms with Crippen LogP contribution in [-0.2, 0) is 4.79 Å². The predicted octanol–water partition coefficient (Wildman–Crippen LogP) is 0.300. The Morgan fingerprint density at radius 2 is 2.24 bits per heavy atom. The second-order valence-electron chi connectivity index (χ2n) is 3.62. The largest absolute Gasteiger partial charge is 0.479 e. The van der Waals surface area contributed by atoms with Gasteiger partial charge in [-0.15, -0.1) is 0 Å². The number of nitrogens with one attached hydrogen (secondary N) is 1. The van der Waals surface area contributed by atoms with Crippen LogP contribution in [0.15, 0.2) is 18.3 Å². The number of amides is 1. The average molecular weight is 259 g/mol. The first-order valence-corrected chi connectivity index (χ1v) is 5.06. The summed E-state index contributed by atoms with van der Waals surface area (Å²) in [4.78, 5) is 25.9. The van der Waals surface area contributed by atoms with E-state index in [0.717, 1.165) is 6.92 Å². The fourth-order valence-corrected chi connectivity index (χ4v) is 1.11. The van der Waals surface area contributed by atoms with E-state index in [1.54, 1.807) is 0 Å². The highest BCUT2D eigenvalue weighted by Crippen LogP contribution is 2.08. The van der Waals surface area contributed by atoms with Crippen LogP contribution in [0.2, 0.25) is 5.02 Å². The topological polar surface area (TPSA) is 99.5 Å². The number of aliphatic carboxylic acids is 1. The molecule has 6 nitrogen and oxygen atoms in total. The molecule has 92 valence electrons. The first-order chi connectivity index (χ1) is 7.83. The van der Waals surface area contributed by atoms with Crippen molar-refractivity contribution in [1.29, 1.82) is 0 Å². The predicted molar refractivity (Wildman–Crippen MR) is 59.8 cm³/mol. The number of hydrogen-bond acceptors (Lipinski definition) is 4. The lowest BCUT2D eigenvalue weighted by molar-refractivity contribution is -0.155. The minimum absolute atomic E-state index is 0.0543. The Morgan fingerprint density at radius 1 is 1.59 bits per heavy atom. The molecule has 0 saturated heterocycles. The van der Waals surface area contributed by atoms with E-state index < -0.39 is 24.0 Å². The lowest BCUT2D eigenvalue weighted by Crippen LogP contribution is -2.46. The molecule has 0 fully saturated rings. The van der Waals surface area contributed by atoms with Gasteiger partial charge in [-0.1, -0.05) is 11.6 Å². The van der Waals surface area contributed by atoms with Gasteiger partial charge in [-0.05, 0) is 19.1 Å². The highest BCUT2D eigenvalue weighted by Gasteiger charge is 2.30. The van der Waals surface area contributed by atoms with Crippen LogP contribution >= 0.6 is 11.6 Å². The Bertz CT molecular complexity index is 448. The number of hydrogen-bond donors (Lipinski definition) is 3. The minimum Gasteiger partial charge on any atom is -0.479 e. The van der Waals surface area contributed by atoms with Crippen molar-refractivity contribution < 1.29 is 19.8 Å². The van der Waals surface area contributed by atoms with Gasteiger partial charge in [0.05, 0.1) is 6.54 Å². The van der Waals surface area contributed by atoms with Gasteiger partial charge in [-0.3, -0.25) is 9.78 Å². The van der Waals surface area contributed by atoms with Gasteiger partial charge >= 0.3 is 5.97 Å². The maximum absolute atomic E-state index is 11.5. The number of carbonyl (C=O) groups is 2. The van der Waals surface area contributed by atoms with Crippen molar-refractivity contribution in [3.8, 4) is 0 Å². The van der Waals surface area contributed by atoms with Crippen LogP contribution in [0.3, 0.4) is 0 Å². The summed E-state index contributed by atoms with van der Waals surface area (Å²) in [5.41, 5.74) is -1.97. The molecule has 0 aromatic carbocycles. The van der Waals surface area contributed by atoms with Gasteiger partial charge in [0.15, 0.2) is 5.60 Å². The summed E-state index contributed by atoms with van der Waals surface area (Å²) in [6, 6.07) is 2.85. The van der Waals surface area contributed by atoms with Crippen molar-refractivity contribution in [2.24, 2.45) is 0 Å². The van der Waals surface area contributed by atoms with Gasteiger partial charge in [0.25, 0.3) is 5.91 Å². The van der Waals surface area contributed by atoms with E-state index in [1.165, 1.54) is 18.3 Å². The molecule has 0 spiro atoms. The molecule has 1 amide bonds. The van der Waals surface area contributed by atoms with Gasteiger partial charge in [0.1, 0.15) is 5.69 Å². The number of carboxylic acids is 1. The third-order valence-electron chi connectivity index (χ3n) is 2.01. The first-order valence-electron chi connectivity index (χ1n) is 4.68. The maximum atomic E-state index is 11.5. The highest BCUT2D eigenvalue weighted by molar-refractivity contribution is 6.30. The van der Waals surface area contributed by atoms with Crippen molar-refractivity contribution in [2.75, 3.05) is 6.54 Å². The molecule has 0 aliphatic heterocycles. The summed E-state index contributed by atoms with van der Waals surface area (Å²) >= 11 is 5.67. The Hall–Kier alpha value is -1.66. The lowest BCUT2D eigenvalue weighted by Gasteiger charge is -2.17. The molecule has 1 heterocycles. The second-order valence-corrected chi connectivity index (χ2v) is 4.06. The van der Waals surface area contributed by atoms with Crippen molar-refractivity contribution in [3.63, 3.8) is 0 Å². The monoisotopic (exact) mass is 258 g/mol. The molecule has 0 saturated carbocycles. The second kappa shape index (κ2) is 5.11. The zero-order chi connectivity index (χ0) is 13.1. The number of carboxylic acid groups (broad SMARTS) is 1. The summed E-state index contributed by atoms with van der Waals surface area (Å²) in [5, 5.41) is 20.6. The van der Waals surface area contributed by atoms with Crippen molar-refractivity contribution >= 4 is 23.5 Å². The number of aliphatic hydroxyl groups is 1. The molecular weight excluding hydrogens is 248 g/mol. The zero-order valence-electron chi connectivity index (χ0n) is 8.98. The fraction of sp³-hybridized carbons (Fsp3) is 0.300. The van der Waals surface area contributed by atoms with Crippen LogP contribution in [0.5, 0.6) is 0 Å². The molecule has 0 bridgehead atoms. The molecule has 1 aromatic heterocycles. The van der Waals surface area contributed by atoms with Gasteiger partial charge in [0.2, 0.25) is 0 Å². The Kier molecular flexibility index (Phi) is 4.03. The summed E-state index contributed by atoms with van der Waals surface area (Å²) in [6.45, 7) is 0.663. The van der Waals surface area contributed by atoms with Gasteiger partial charge in [0, 0.05) is 11.2 Å². The normalized spacial score (nSPS) is 13.8. The van der Waals surface area contributed by atoms with E-state index in [4.69, 9.17) is 16.7 Å². The van der Waals surface area contributed by atoms with Crippen molar-refractivity contribution in [1.82, 2.24) is 10.3 Å². The molecule has 0 aliphatic rings. The van der Waals surface area contributed by atoms with Crippen LogP contribution in [0.4, 0.5) is 0 Å². The highest BCUT2D eigenvalue weighted by atomic mass is 35.5. The van der Waals surface area contributed by atoms with Crippen LogP contribution in [0.25, 0.3) is 0 Å². The number of carbonyl (C=O) groups excluding carboxylic acids is 1. The molecule has 0 radical (unpaired) electrons. The number of pyridine rings is 1. The molecular formula is C10H11ClN2O4. The maximum Gasteiger partial charge on any atom is 0.337 e. The molecule has 17 heavy (non-hydrogen) atoms. The average Bonchev–Trinajstić information content (AvgIpc) is 2.25. The summed E-state index contributed by atoms with van der Waals surface area (Å²) in [5.74, 6) is -2.02. The summed E-state index contributed by atoms with van der Waals surface area (Å²) in [7, 11) is 0. The van der Waals surface area contributed by atoms with Gasteiger partial charge in [-0.2, -0.15) is 0 Å². The van der Waals surface area contributed by atoms with E-state index in [2.05, 4.69) is 10.3 Å². The number of nitrogens with zero attached hydrogens (tertiary/aromatic N) is 1.